The summed E-state index contributed by atoms with van der Waals surface area (Å²) in [4.78, 5) is 0. The Labute approximate surface area is 91.6 Å². The highest BCUT2D eigenvalue weighted by Crippen LogP contribution is 2.25. The number of halogens is 1. The van der Waals surface area contributed by atoms with E-state index in [4.69, 9.17) is 11.6 Å². The van der Waals surface area contributed by atoms with Crippen LogP contribution in [0.1, 0.15) is 37.3 Å². The smallest absolute Gasteiger partial charge is 0.0399 e. The standard InChI is InChI=1S/C13H17Cl/c1-4-11-6-8-12(9-7-11)10(3)13(14)5-2/h4,6-10,13H,1,5H2,2-3H3. The van der Waals surface area contributed by atoms with Gasteiger partial charge in [-0.3, -0.25) is 0 Å². The van der Waals surface area contributed by atoms with Crippen molar-refractivity contribution >= 4 is 17.7 Å². The van der Waals surface area contributed by atoms with E-state index in [9.17, 15) is 0 Å². The molecule has 14 heavy (non-hydrogen) atoms. The van der Waals surface area contributed by atoms with Crippen LogP contribution in [0.5, 0.6) is 0 Å². The van der Waals surface area contributed by atoms with Crippen LogP contribution in [0, 0.1) is 0 Å². The maximum absolute atomic E-state index is 6.20. The summed E-state index contributed by atoms with van der Waals surface area (Å²) in [5.41, 5.74) is 2.46. The zero-order chi connectivity index (χ0) is 10.6. The van der Waals surface area contributed by atoms with Gasteiger partial charge in [0, 0.05) is 5.38 Å². The Hall–Kier alpha value is -0.750. The molecule has 0 N–H and O–H groups in total. The molecule has 76 valence electrons. The maximum Gasteiger partial charge on any atom is 0.0399 e. The van der Waals surface area contributed by atoms with Gasteiger partial charge >= 0.3 is 0 Å². The lowest BCUT2D eigenvalue weighted by atomic mass is 9.95. The van der Waals surface area contributed by atoms with Gasteiger partial charge in [0.25, 0.3) is 0 Å². The second-order valence-corrected chi connectivity index (χ2v) is 4.14. The van der Waals surface area contributed by atoms with Crippen molar-refractivity contribution in [3.8, 4) is 0 Å². The quantitative estimate of drug-likeness (QED) is 0.642. The third-order valence-corrected chi connectivity index (χ3v) is 3.32. The van der Waals surface area contributed by atoms with Crippen molar-refractivity contribution in [2.75, 3.05) is 0 Å². The average molecular weight is 209 g/mol. The summed E-state index contributed by atoms with van der Waals surface area (Å²) < 4.78 is 0. The van der Waals surface area contributed by atoms with E-state index in [2.05, 4.69) is 44.7 Å². The van der Waals surface area contributed by atoms with Gasteiger partial charge in [-0.2, -0.15) is 0 Å². The van der Waals surface area contributed by atoms with Gasteiger partial charge in [0.05, 0.1) is 0 Å². The lowest BCUT2D eigenvalue weighted by Gasteiger charge is -2.16. The lowest BCUT2D eigenvalue weighted by Crippen LogP contribution is -2.07. The monoisotopic (exact) mass is 208 g/mol. The summed E-state index contributed by atoms with van der Waals surface area (Å²) in [5, 5.41) is 0.226. The molecule has 0 aliphatic carbocycles. The SMILES string of the molecule is C=Cc1ccc(C(C)C(Cl)CC)cc1. The maximum atomic E-state index is 6.20. The van der Waals surface area contributed by atoms with Crippen LogP contribution in [0.15, 0.2) is 30.8 Å². The van der Waals surface area contributed by atoms with E-state index < -0.39 is 0 Å². The molecule has 0 heterocycles. The van der Waals surface area contributed by atoms with Gasteiger partial charge in [-0.15, -0.1) is 11.6 Å². The second kappa shape index (κ2) is 5.21. The molecule has 0 aliphatic heterocycles. The van der Waals surface area contributed by atoms with Gasteiger partial charge in [0.15, 0.2) is 0 Å². The minimum atomic E-state index is 0.226. The molecule has 2 unspecified atom stereocenters. The number of benzene rings is 1. The summed E-state index contributed by atoms with van der Waals surface area (Å²) in [7, 11) is 0. The molecule has 2 atom stereocenters. The molecule has 1 rings (SSSR count). The first-order valence-corrected chi connectivity index (χ1v) is 5.49. The molecule has 1 aromatic carbocycles. The highest BCUT2D eigenvalue weighted by Gasteiger charge is 2.13. The van der Waals surface area contributed by atoms with Gasteiger partial charge in [-0.1, -0.05) is 50.8 Å². The molecule has 0 bridgehead atoms. The first-order chi connectivity index (χ1) is 6.69. The summed E-state index contributed by atoms with van der Waals surface area (Å²) >= 11 is 6.20. The van der Waals surface area contributed by atoms with E-state index in [1.807, 2.05) is 6.08 Å². The molecule has 0 amide bonds. The van der Waals surface area contributed by atoms with Crippen LogP contribution in [0.3, 0.4) is 0 Å². The minimum Gasteiger partial charge on any atom is -0.122 e. The Morgan fingerprint density at radius 1 is 1.36 bits per heavy atom. The fourth-order valence-corrected chi connectivity index (χ4v) is 1.64. The van der Waals surface area contributed by atoms with Gasteiger partial charge < -0.3 is 0 Å². The first kappa shape index (κ1) is 11.3. The fraction of sp³-hybridized carbons (Fsp3) is 0.385. The molecule has 0 radical (unpaired) electrons. The Balaban J connectivity index is 2.80. The van der Waals surface area contributed by atoms with E-state index in [0.717, 1.165) is 12.0 Å². The lowest BCUT2D eigenvalue weighted by molar-refractivity contribution is 0.675. The largest absolute Gasteiger partial charge is 0.122 e. The summed E-state index contributed by atoms with van der Waals surface area (Å²) in [6.45, 7) is 8.02. The normalized spacial score (nSPS) is 14.8. The van der Waals surface area contributed by atoms with Crippen molar-refractivity contribution in [2.24, 2.45) is 0 Å². The van der Waals surface area contributed by atoms with Crippen molar-refractivity contribution < 1.29 is 0 Å². The predicted molar refractivity (Wildman–Crippen MR) is 64.9 cm³/mol. The zero-order valence-corrected chi connectivity index (χ0v) is 9.59. The van der Waals surface area contributed by atoms with Crippen LogP contribution in [0.25, 0.3) is 6.08 Å². The fourth-order valence-electron chi connectivity index (χ4n) is 1.50. The first-order valence-electron chi connectivity index (χ1n) is 5.05. The molecule has 0 nitrogen and oxygen atoms in total. The Morgan fingerprint density at radius 3 is 2.36 bits per heavy atom. The molecular weight excluding hydrogens is 192 g/mol. The molecule has 0 saturated carbocycles. The van der Waals surface area contributed by atoms with Crippen LogP contribution < -0.4 is 0 Å². The van der Waals surface area contributed by atoms with E-state index in [0.29, 0.717) is 5.92 Å². The summed E-state index contributed by atoms with van der Waals surface area (Å²) in [6, 6.07) is 8.43. The van der Waals surface area contributed by atoms with E-state index >= 15 is 0 Å². The van der Waals surface area contributed by atoms with Crippen LogP contribution in [-0.2, 0) is 0 Å². The second-order valence-electron chi connectivity index (χ2n) is 3.58. The summed E-state index contributed by atoms with van der Waals surface area (Å²) in [6.07, 6.45) is 2.86. The Kier molecular flexibility index (Phi) is 4.21. The van der Waals surface area contributed by atoms with Crippen LogP contribution in [0.2, 0.25) is 0 Å². The highest BCUT2D eigenvalue weighted by atomic mass is 35.5. The van der Waals surface area contributed by atoms with Crippen LogP contribution >= 0.6 is 11.6 Å². The van der Waals surface area contributed by atoms with Crippen LogP contribution in [-0.4, -0.2) is 5.38 Å². The number of hydrogen-bond donors (Lipinski definition) is 0. The number of rotatable bonds is 4. The molecule has 0 aromatic heterocycles. The molecule has 0 spiro atoms. The molecule has 1 aromatic rings. The van der Waals surface area contributed by atoms with E-state index in [1.54, 1.807) is 0 Å². The van der Waals surface area contributed by atoms with Crippen molar-refractivity contribution in [3.05, 3.63) is 42.0 Å². The van der Waals surface area contributed by atoms with Gasteiger partial charge in [0.2, 0.25) is 0 Å². The van der Waals surface area contributed by atoms with Crippen molar-refractivity contribution in [1.82, 2.24) is 0 Å². The molecule has 1 heteroatoms. The number of alkyl halides is 1. The Morgan fingerprint density at radius 2 is 1.93 bits per heavy atom. The minimum absolute atomic E-state index is 0.226. The summed E-state index contributed by atoms with van der Waals surface area (Å²) in [5.74, 6) is 0.417. The highest BCUT2D eigenvalue weighted by molar-refractivity contribution is 6.21. The van der Waals surface area contributed by atoms with Crippen LogP contribution in [0.4, 0.5) is 0 Å². The average Bonchev–Trinajstić information content (AvgIpc) is 2.27. The van der Waals surface area contributed by atoms with E-state index in [-0.39, 0.29) is 5.38 Å². The predicted octanol–water partition coefficient (Wildman–Crippen LogP) is 4.45. The van der Waals surface area contributed by atoms with Crippen molar-refractivity contribution in [1.29, 1.82) is 0 Å². The van der Waals surface area contributed by atoms with Crippen molar-refractivity contribution in [3.63, 3.8) is 0 Å². The molecule has 0 fully saturated rings. The Bertz CT molecular complexity index is 287. The van der Waals surface area contributed by atoms with Gasteiger partial charge in [-0.25, -0.2) is 0 Å². The third-order valence-electron chi connectivity index (χ3n) is 2.63. The molecule has 0 saturated heterocycles. The zero-order valence-electron chi connectivity index (χ0n) is 8.83. The van der Waals surface area contributed by atoms with Gasteiger partial charge in [-0.05, 0) is 23.5 Å². The van der Waals surface area contributed by atoms with Gasteiger partial charge in [0.1, 0.15) is 0 Å². The number of hydrogen-bond acceptors (Lipinski definition) is 0. The van der Waals surface area contributed by atoms with E-state index in [1.165, 1.54) is 5.56 Å². The third kappa shape index (κ3) is 2.62. The molecular formula is C13H17Cl. The van der Waals surface area contributed by atoms with Crippen molar-refractivity contribution in [2.45, 2.75) is 31.6 Å². The topological polar surface area (TPSA) is 0 Å². The molecule has 0 aliphatic rings.